The number of aromatic nitrogens is 2. The standard InChI is InChI=1S/C22H25N3O2/c1-16-14-20(17(2)27-16)22(26)24-11-8-18(9-12-24)15-25-13-10-23-21(25)19-6-4-3-5-7-19/h3-7,10,13-14,18H,8-9,11-12,15H2,1-2H3. The Hall–Kier alpha value is -2.82. The fourth-order valence-electron chi connectivity index (χ4n) is 3.91. The largest absolute Gasteiger partial charge is 0.466 e. The number of benzene rings is 1. The zero-order valence-electron chi connectivity index (χ0n) is 15.9. The molecule has 4 rings (SSSR count). The molecule has 0 N–H and O–H groups in total. The van der Waals surface area contributed by atoms with Gasteiger partial charge in [0.15, 0.2) is 0 Å². The molecule has 0 aliphatic carbocycles. The van der Waals surface area contributed by atoms with Crippen LogP contribution in [0.4, 0.5) is 0 Å². The number of likely N-dealkylation sites (tertiary alicyclic amines) is 1. The molecule has 3 heterocycles. The van der Waals surface area contributed by atoms with E-state index in [0.717, 1.165) is 49.6 Å². The van der Waals surface area contributed by atoms with Crippen molar-refractivity contribution in [1.29, 1.82) is 0 Å². The Balaban J connectivity index is 1.39. The zero-order chi connectivity index (χ0) is 18.8. The van der Waals surface area contributed by atoms with Crippen LogP contribution in [-0.2, 0) is 6.54 Å². The summed E-state index contributed by atoms with van der Waals surface area (Å²) in [7, 11) is 0. The fraction of sp³-hybridized carbons (Fsp3) is 0.364. The minimum absolute atomic E-state index is 0.0930. The van der Waals surface area contributed by atoms with Gasteiger partial charge < -0.3 is 13.9 Å². The van der Waals surface area contributed by atoms with Crippen molar-refractivity contribution in [3.63, 3.8) is 0 Å². The molecule has 1 saturated heterocycles. The van der Waals surface area contributed by atoms with E-state index in [1.807, 2.05) is 49.2 Å². The second-order valence-corrected chi connectivity index (χ2v) is 7.33. The van der Waals surface area contributed by atoms with Gasteiger partial charge >= 0.3 is 0 Å². The number of nitrogens with zero attached hydrogens (tertiary/aromatic N) is 3. The van der Waals surface area contributed by atoms with E-state index < -0.39 is 0 Å². The number of aryl methyl sites for hydroxylation is 2. The van der Waals surface area contributed by atoms with Gasteiger partial charge in [-0.25, -0.2) is 4.98 Å². The molecule has 1 aliphatic heterocycles. The molecule has 0 atom stereocenters. The Kier molecular flexibility index (Phi) is 4.84. The second-order valence-electron chi connectivity index (χ2n) is 7.33. The van der Waals surface area contributed by atoms with Crippen LogP contribution in [0.3, 0.4) is 0 Å². The molecule has 1 aliphatic rings. The third kappa shape index (κ3) is 3.68. The van der Waals surface area contributed by atoms with Gasteiger partial charge in [-0.15, -0.1) is 0 Å². The second kappa shape index (κ2) is 7.43. The Bertz CT molecular complexity index is 918. The Labute approximate surface area is 159 Å². The summed E-state index contributed by atoms with van der Waals surface area (Å²) in [6.45, 7) is 6.27. The number of rotatable bonds is 4. The van der Waals surface area contributed by atoms with E-state index >= 15 is 0 Å². The number of amides is 1. The van der Waals surface area contributed by atoms with Crippen molar-refractivity contribution in [3.05, 3.63) is 65.9 Å². The number of carbonyl (C=O) groups is 1. The highest BCUT2D eigenvalue weighted by Gasteiger charge is 2.26. The van der Waals surface area contributed by atoms with Gasteiger partial charge in [0.25, 0.3) is 5.91 Å². The lowest BCUT2D eigenvalue weighted by Crippen LogP contribution is -2.39. The topological polar surface area (TPSA) is 51.3 Å². The van der Waals surface area contributed by atoms with Crippen LogP contribution < -0.4 is 0 Å². The summed E-state index contributed by atoms with van der Waals surface area (Å²) >= 11 is 0. The Morgan fingerprint density at radius 2 is 1.93 bits per heavy atom. The first-order valence-electron chi connectivity index (χ1n) is 9.54. The van der Waals surface area contributed by atoms with Gasteiger partial charge in [0.2, 0.25) is 0 Å². The fourth-order valence-corrected chi connectivity index (χ4v) is 3.91. The molecule has 0 unspecified atom stereocenters. The van der Waals surface area contributed by atoms with Crippen LogP contribution in [0.2, 0.25) is 0 Å². The molecule has 1 amide bonds. The van der Waals surface area contributed by atoms with Crippen LogP contribution in [0.25, 0.3) is 11.4 Å². The van der Waals surface area contributed by atoms with Gasteiger partial charge in [-0.05, 0) is 38.7 Å². The van der Waals surface area contributed by atoms with Crippen LogP contribution >= 0.6 is 0 Å². The van der Waals surface area contributed by atoms with E-state index in [0.29, 0.717) is 17.2 Å². The highest BCUT2D eigenvalue weighted by atomic mass is 16.3. The first kappa shape index (κ1) is 17.6. The average Bonchev–Trinajstić information content (AvgIpc) is 3.28. The number of hydrogen-bond donors (Lipinski definition) is 0. The molecule has 3 aromatic rings. The minimum atomic E-state index is 0.0930. The molecule has 0 radical (unpaired) electrons. The van der Waals surface area contributed by atoms with Crippen LogP contribution in [0.15, 0.2) is 53.2 Å². The summed E-state index contributed by atoms with van der Waals surface area (Å²) in [5.41, 5.74) is 1.84. The average molecular weight is 363 g/mol. The Morgan fingerprint density at radius 1 is 1.19 bits per heavy atom. The number of piperidine rings is 1. The lowest BCUT2D eigenvalue weighted by Gasteiger charge is -2.32. The van der Waals surface area contributed by atoms with E-state index in [9.17, 15) is 4.79 Å². The molecule has 5 nitrogen and oxygen atoms in total. The van der Waals surface area contributed by atoms with E-state index in [1.165, 1.54) is 0 Å². The lowest BCUT2D eigenvalue weighted by molar-refractivity contribution is 0.0681. The predicted molar refractivity (Wildman–Crippen MR) is 104 cm³/mol. The maximum atomic E-state index is 12.7. The summed E-state index contributed by atoms with van der Waals surface area (Å²) < 4.78 is 7.75. The number of furan rings is 1. The van der Waals surface area contributed by atoms with Gasteiger partial charge in [-0.1, -0.05) is 30.3 Å². The van der Waals surface area contributed by atoms with Crippen LogP contribution in [0.5, 0.6) is 0 Å². The molecule has 0 bridgehead atoms. The third-order valence-electron chi connectivity index (χ3n) is 5.38. The maximum absolute atomic E-state index is 12.7. The van der Waals surface area contributed by atoms with Crippen LogP contribution in [0, 0.1) is 19.8 Å². The summed E-state index contributed by atoms with van der Waals surface area (Å²) in [6.07, 6.45) is 5.94. The van der Waals surface area contributed by atoms with Crippen molar-refractivity contribution in [2.45, 2.75) is 33.2 Å². The van der Waals surface area contributed by atoms with Crippen LogP contribution in [-0.4, -0.2) is 33.4 Å². The molecule has 1 fully saturated rings. The first-order valence-corrected chi connectivity index (χ1v) is 9.54. The maximum Gasteiger partial charge on any atom is 0.257 e. The van der Waals surface area contributed by atoms with Gasteiger partial charge in [0, 0.05) is 37.6 Å². The number of hydrogen-bond acceptors (Lipinski definition) is 3. The number of carbonyl (C=O) groups excluding carboxylic acids is 1. The van der Waals surface area contributed by atoms with E-state index in [1.54, 1.807) is 0 Å². The molecular weight excluding hydrogens is 338 g/mol. The predicted octanol–water partition coefficient (Wildman–Crippen LogP) is 4.31. The monoisotopic (exact) mass is 363 g/mol. The summed E-state index contributed by atoms with van der Waals surface area (Å²) in [6, 6.07) is 12.1. The van der Waals surface area contributed by atoms with Crippen LogP contribution in [0.1, 0.15) is 34.7 Å². The Morgan fingerprint density at radius 3 is 2.59 bits per heavy atom. The molecule has 5 heteroatoms. The summed E-state index contributed by atoms with van der Waals surface area (Å²) in [5, 5.41) is 0. The third-order valence-corrected chi connectivity index (χ3v) is 5.38. The molecule has 27 heavy (non-hydrogen) atoms. The van der Waals surface area contributed by atoms with E-state index in [-0.39, 0.29) is 5.91 Å². The van der Waals surface area contributed by atoms with Crippen molar-refractivity contribution < 1.29 is 9.21 Å². The van der Waals surface area contributed by atoms with Crippen molar-refractivity contribution in [1.82, 2.24) is 14.5 Å². The van der Waals surface area contributed by atoms with Crippen molar-refractivity contribution in [2.24, 2.45) is 5.92 Å². The summed E-state index contributed by atoms with van der Waals surface area (Å²) in [5.74, 6) is 3.16. The van der Waals surface area contributed by atoms with Gasteiger partial charge in [0.05, 0.1) is 5.56 Å². The minimum Gasteiger partial charge on any atom is -0.466 e. The quantitative estimate of drug-likeness (QED) is 0.694. The van der Waals surface area contributed by atoms with Gasteiger partial charge in [-0.2, -0.15) is 0 Å². The van der Waals surface area contributed by atoms with Crippen molar-refractivity contribution in [2.75, 3.05) is 13.1 Å². The molecule has 0 saturated carbocycles. The highest BCUT2D eigenvalue weighted by Crippen LogP contribution is 2.25. The molecule has 0 spiro atoms. The molecule has 1 aromatic carbocycles. The van der Waals surface area contributed by atoms with Gasteiger partial charge in [0.1, 0.15) is 17.3 Å². The molecule has 140 valence electrons. The lowest BCUT2D eigenvalue weighted by atomic mass is 9.96. The van der Waals surface area contributed by atoms with E-state index in [2.05, 4.69) is 27.9 Å². The van der Waals surface area contributed by atoms with Crippen molar-refractivity contribution >= 4 is 5.91 Å². The SMILES string of the molecule is Cc1cc(C(=O)N2CCC(Cn3ccnc3-c3ccccc3)CC2)c(C)o1. The zero-order valence-corrected chi connectivity index (χ0v) is 15.9. The molecular formula is C22H25N3O2. The normalized spacial score (nSPS) is 15.3. The first-order chi connectivity index (χ1) is 13.1. The molecule has 2 aromatic heterocycles. The summed E-state index contributed by atoms with van der Waals surface area (Å²) in [4.78, 5) is 19.2. The number of imidazole rings is 1. The van der Waals surface area contributed by atoms with Gasteiger partial charge in [-0.3, -0.25) is 4.79 Å². The smallest absolute Gasteiger partial charge is 0.257 e. The van der Waals surface area contributed by atoms with E-state index in [4.69, 9.17) is 4.42 Å². The highest BCUT2D eigenvalue weighted by molar-refractivity contribution is 5.95. The van der Waals surface area contributed by atoms with Crippen molar-refractivity contribution in [3.8, 4) is 11.4 Å².